The quantitative estimate of drug-likeness (QED) is 0.861. The zero-order valence-electron chi connectivity index (χ0n) is 13.9. The highest BCUT2D eigenvalue weighted by Crippen LogP contribution is 2.20. The maximum Gasteiger partial charge on any atom is 0.248 e. The monoisotopic (exact) mass is 312 g/mol. The number of hydrogen-bond acceptors (Lipinski definition) is 3. The minimum absolute atomic E-state index is 0.426. The number of amides is 1. The van der Waals surface area contributed by atoms with Crippen LogP contribution in [0.2, 0.25) is 0 Å². The molecule has 1 atom stereocenters. The Hall–Kier alpha value is -2.17. The first-order valence-corrected chi connectivity index (χ1v) is 7.69. The molecule has 2 aromatic carbocycles. The summed E-state index contributed by atoms with van der Waals surface area (Å²) in [4.78, 5) is 13.3. The molecule has 122 valence electrons. The summed E-state index contributed by atoms with van der Waals surface area (Å²) >= 11 is 0. The van der Waals surface area contributed by atoms with Crippen LogP contribution in [0.25, 0.3) is 0 Å². The summed E-state index contributed by atoms with van der Waals surface area (Å²) < 4.78 is 0. The fourth-order valence-electron chi connectivity index (χ4n) is 2.71. The van der Waals surface area contributed by atoms with Crippen molar-refractivity contribution in [2.75, 3.05) is 13.6 Å². The highest BCUT2D eigenvalue weighted by atomic mass is 16.3. The zero-order chi connectivity index (χ0) is 17.0. The Labute approximate surface area is 137 Å². The summed E-state index contributed by atoms with van der Waals surface area (Å²) in [6, 6.07) is 13.4. The van der Waals surface area contributed by atoms with Gasteiger partial charge in [0.2, 0.25) is 5.91 Å². The number of carbonyl (C=O) groups is 1. The summed E-state index contributed by atoms with van der Waals surface area (Å²) in [7, 11) is 1.95. The van der Waals surface area contributed by atoms with Crippen molar-refractivity contribution in [3.8, 4) is 0 Å². The lowest BCUT2D eigenvalue weighted by atomic mass is 10.0. The van der Waals surface area contributed by atoms with Crippen molar-refractivity contribution in [2.24, 2.45) is 5.73 Å². The molecule has 2 rings (SSSR count). The van der Waals surface area contributed by atoms with Gasteiger partial charge in [-0.3, -0.25) is 9.69 Å². The van der Waals surface area contributed by atoms with E-state index < -0.39 is 12.0 Å². The summed E-state index contributed by atoms with van der Waals surface area (Å²) in [5.74, 6) is -0.426. The van der Waals surface area contributed by atoms with E-state index in [4.69, 9.17) is 5.73 Å². The fourth-order valence-corrected chi connectivity index (χ4v) is 2.71. The SMILES string of the molecule is Cc1ccc(C)c(C(O)CN(C)Cc2cccc(C(N)=O)c2)c1. The molecule has 1 unspecified atom stereocenters. The number of likely N-dealkylation sites (N-methyl/N-ethyl adjacent to an activating group) is 1. The molecule has 23 heavy (non-hydrogen) atoms. The lowest BCUT2D eigenvalue weighted by Crippen LogP contribution is -2.25. The topological polar surface area (TPSA) is 66.6 Å². The van der Waals surface area contributed by atoms with Gasteiger partial charge in [-0.1, -0.05) is 35.9 Å². The van der Waals surface area contributed by atoms with Gasteiger partial charge in [0.05, 0.1) is 6.10 Å². The van der Waals surface area contributed by atoms with Gasteiger partial charge in [0.25, 0.3) is 0 Å². The molecule has 0 bridgehead atoms. The van der Waals surface area contributed by atoms with Crippen molar-refractivity contribution in [1.82, 2.24) is 4.90 Å². The third-order valence-corrected chi connectivity index (χ3v) is 3.94. The van der Waals surface area contributed by atoms with Gasteiger partial charge in [-0.2, -0.15) is 0 Å². The lowest BCUT2D eigenvalue weighted by molar-refractivity contribution is 0.0999. The van der Waals surface area contributed by atoms with Crippen LogP contribution in [0.4, 0.5) is 0 Å². The molecular weight excluding hydrogens is 288 g/mol. The molecule has 0 fully saturated rings. The van der Waals surface area contributed by atoms with Crippen LogP contribution in [0.1, 0.15) is 38.7 Å². The number of primary amides is 1. The van der Waals surface area contributed by atoms with Crippen molar-refractivity contribution in [3.05, 3.63) is 70.3 Å². The van der Waals surface area contributed by atoms with Crippen LogP contribution in [-0.4, -0.2) is 29.5 Å². The standard InChI is InChI=1S/C19H24N2O2/c1-13-7-8-14(2)17(9-13)18(22)12-21(3)11-15-5-4-6-16(10-15)19(20)23/h4-10,18,22H,11-12H2,1-3H3,(H2,20,23). The van der Waals surface area contributed by atoms with Gasteiger partial charge in [0.1, 0.15) is 0 Å². The van der Waals surface area contributed by atoms with Crippen LogP contribution in [0.5, 0.6) is 0 Å². The molecule has 0 saturated carbocycles. The number of benzene rings is 2. The molecule has 0 saturated heterocycles. The molecule has 3 N–H and O–H groups in total. The number of hydrogen-bond donors (Lipinski definition) is 2. The second-order valence-corrected chi connectivity index (χ2v) is 6.14. The Balaban J connectivity index is 2.04. The lowest BCUT2D eigenvalue weighted by Gasteiger charge is -2.22. The van der Waals surface area contributed by atoms with Crippen molar-refractivity contribution < 1.29 is 9.90 Å². The molecule has 2 aromatic rings. The molecule has 0 aromatic heterocycles. The Morgan fingerprint density at radius 2 is 1.96 bits per heavy atom. The van der Waals surface area contributed by atoms with Crippen molar-refractivity contribution >= 4 is 5.91 Å². The Kier molecular flexibility index (Phi) is 5.53. The van der Waals surface area contributed by atoms with Crippen LogP contribution < -0.4 is 5.73 Å². The highest BCUT2D eigenvalue weighted by Gasteiger charge is 2.14. The largest absolute Gasteiger partial charge is 0.387 e. The Morgan fingerprint density at radius 3 is 2.65 bits per heavy atom. The molecule has 0 aliphatic heterocycles. The maximum atomic E-state index is 11.2. The summed E-state index contributed by atoms with van der Waals surface area (Å²) in [6.45, 7) is 5.19. The average molecular weight is 312 g/mol. The van der Waals surface area contributed by atoms with Crippen LogP contribution in [0.3, 0.4) is 0 Å². The normalized spacial score (nSPS) is 12.4. The Morgan fingerprint density at radius 1 is 1.22 bits per heavy atom. The number of rotatable bonds is 6. The Bertz CT molecular complexity index is 698. The molecule has 1 amide bonds. The van der Waals surface area contributed by atoms with Gasteiger partial charge < -0.3 is 10.8 Å². The van der Waals surface area contributed by atoms with Gasteiger partial charge in [-0.15, -0.1) is 0 Å². The molecule has 4 heteroatoms. The summed E-state index contributed by atoms with van der Waals surface area (Å²) in [6.07, 6.45) is -0.542. The second kappa shape index (κ2) is 7.40. The van der Waals surface area contributed by atoms with E-state index in [1.807, 2.05) is 56.1 Å². The van der Waals surface area contributed by atoms with Crippen LogP contribution in [0.15, 0.2) is 42.5 Å². The van der Waals surface area contributed by atoms with Gasteiger partial charge in [0.15, 0.2) is 0 Å². The second-order valence-electron chi connectivity index (χ2n) is 6.14. The molecule has 4 nitrogen and oxygen atoms in total. The van der Waals surface area contributed by atoms with E-state index in [1.54, 1.807) is 12.1 Å². The van der Waals surface area contributed by atoms with Crippen LogP contribution in [-0.2, 0) is 6.54 Å². The molecule has 0 radical (unpaired) electrons. The smallest absolute Gasteiger partial charge is 0.248 e. The third kappa shape index (κ3) is 4.65. The van der Waals surface area contributed by atoms with Crippen LogP contribution >= 0.6 is 0 Å². The van der Waals surface area contributed by atoms with Crippen molar-refractivity contribution in [1.29, 1.82) is 0 Å². The first kappa shape index (κ1) is 17.2. The summed E-state index contributed by atoms with van der Waals surface area (Å²) in [5, 5.41) is 10.5. The maximum absolute atomic E-state index is 11.2. The number of aryl methyl sites for hydroxylation is 2. The number of nitrogens with two attached hydrogens (primary N) is 1. The van der Waals surface area contributed by atoms with Crippen molar-refractivity contribution in [3.63, 3.8) is 0 Å². The van der Waals surface area contributed by atoms with Gasteiger partial charge >= 0.3 is 0 Å². The van der Waals surface area contributed by atoms with Gasteiger partial charge in [-0.05, 0) is 49.7 Å². The molecular formula is C19H24N2O2. The number of aliphatic hydroxyl groups is 1. The molecule has 0 heterocycles. The number of nitrogens with zero attached hydrogens (tertiary/aromatic N) is 1. The van der Waals surface area contributed by atoms with E-state index in [2.05, 4.69) is 0 Å². The van der Waals surface area contributed by atoms with E-state index in [9.17, 15) is 9.90 Å². The van der Waals surface area contributed by atoms with E-state index in [0.29, 0.717) is 18.7 Å². The van der Waals surface area contributed by atoms with E-state index >= 15 is 0 Å². The van der Waals surface area contributed by atoms with E-state index in [-0.39, 0.29) is 0 Å². The minimum Gasteiger partial charge on any atom is -0.387 e. The fraction of sp³-hybridized carbons (Fsp3) is 0.316. The third-order valence-electron chi connectivity index (χ3n) is 3.94. The predicted molar refractivity (Wildman–Crippen MR) is 92.2 cm³/mol. The van der Waals surface area contributed by atoms with E-state index in [1.165, 1.54) is 0 Å². The first-order valence-electron chi connectivity index (χ1n) is 7.69. The number of carbonyl (C=O) groups excluding carboxylic acids is 1. The summed E-state index contributed by atoms with van der Waals surface area (Å²) in [5.41, 5.74) is 10.0. The minimum atomic E-state index is -0.542. The molecule has 0 aliphatic rings. The van der Waals surface area contributed by atoms with Gasteiger partial charge in [-0.25, -0.2) is 0 Å². The zero-order valence-corrected chi connectivity index (χ0v) is 13.9. The molecule has 0 spiro atoms. The first-order chi connectivity index (χ1) is 10.9. The molecule has 0 aliphatic carbocycles. The van der Waals surface area contributed by atoms with Crippen molar-refractivity contribution in [2.45, 2.75) is 26.5 Å². The van der Waals surface area contributed by atoms with E-state index in [0.717, 1.165) is 22.3 Å². The number of aliphatic hydroxyl groups excluding tert-OH is 1. The average Bonchev–Trinajstić information content (AvgIpc) is 2.49. The highest BCUT2D eigenvalue weighted by molar-refractivity contribution is 5.92. The van der Waals surface area contributed by atoms with Crippen LogP contribution in [0, 0.1) is 13.8 Å². The van der Waals surface area contributed by atoms with Gasteiger partial charge in [0, 0.05) is 18.7 Å². The predicted octanol–water partition coefficient (Wildman–Crippen LogP) is 2.57.